The van der Waals surface area contributed by atoms with Gasteiger partial charge in [0.1, 0.15) is 15.7 Å². The Balaban J connectivity index is 2.48. The van der Waals surface area contributed by atoms with Crippen LogP contribution in [0.25, 0.3) is 0 Å². The Bertz CT molecular complexity index is 542. The molecule has 0 amide bonds. The minimum Gasteiger partial charge on any atom is -0.462 e. The second-order valence-corrected chi connectivity index (χ2v) is 6.12. The molecule has 0 spiro atoms. The fraction of sp³-hybridized carbons (Fsp3) is 0.364. The van der Waals surface area contributed by atoms with E-state index in [1.807, 2.05) is 0 Å². The molecule has 1 aromatic carbocycles. The summed E-state index contributed by atoms with van der Waals surface area (Å²) >= 11 is 0. The van der Waals surface area contributed by atoms with E-state index in [0.717, 1.165) is 12.3 Å². The van der Waals surface area contributed by atoms with Crippen LogP contribution in [0.15, 0.2) is 18.2 Å². The molecule has 100 valence electrons. The zero-order valence-corrected chi connectivity index (χ0v) is 10.7. The highest BCUT2D eigenvalue weighted by Gasteiger charge is 2.10. The van der Waals surface area contributed by atoms with Gasteiger partial charge in [0.2, 0.25) is 0 Å². The van der Waals surface area contributed by atoms with Crippen LogP contribution in [0, 0.1) is 5.82 Å². The van der Waals surface area contributed by atoms with Gasteiger partial charge in [-0.05, 0) is 24.6 Å². The number of rotatable bonds is 5. The van der Waals surface area contributed by atoms with Crippen molar-refractivity contribution in [3.63, 3.8) is 0 Å². The van der Waals surface area contributed by atoms with Crippen molar-refractivity contribution < 1.29 is 22.3 Å². The van der Waals surface area contributed by atoms with Gasteiger partial charge in [0.05, 0.1) is 23.6 Å². The van der Waals surface area contributed by atoms with Gasteiger partial charge in [-0.25, -0.2) is 17.6 Å². The molecule has 0 aliphatic carbocycles. The van der Waals surface area contributed by atoms with Crippen LogP contribution in [0.1, 0.15) is 16.8 Å². The second-order valence-electron chi connectivity index (χ2n) is 3.86. The van der Waals surface area contributed by atoms with Crippen LogP contribution in [0.4, 0.5) is 10.1 Å². The Kier molecular flexibility index (Phi) is 4.66. The number of hydrogen-bond donors (Lipinski definition) is 1. The van der Waals surface area contributed by atoms with Crippen LogP contribution in [-0.4, -0.2) is 33.0 Å². The van der Waals surface area contributed by atoms with E-state index < -0.39 is 21.6 Å². The molecule has 0 fully saturated rings. The molecule has 0 aliphatic rings. The molecule has 0 aromatic heterocycles. The predicted octanol–water partition coefficient (Wildman–Crippen LogP) is 0.999. The highest BCUT2D eigenvalue weighted by atomic mass is 32.2. The molecule has 0 bridgehead atoms. The minimum atomic E-state index is -3.07. The van der Waals surface area contributed by atoms with Crippen LogP contribution in [0.2, 0.25) is 0 Å². The molecule has 0 heterocycles. The van der Waals surface area contributed by atoms with Gasteiger partial charge in [0.15, 0.2) is 0 Å². The van der Waals surface area contributed by atoms with E-state index >= 15 is 0 Å². The van der Waals surface area contributed by atoms with Crippen molar-refractivity contribution in [3.8, 4) is 0 Å². The van der Waals surface area contributed by atoms with E-state index in [9.17, 15) is 17.6 Å². The summed E-state index contributed by atoms with van der Waals surface area (Å²) in [6, 6.07) is 3.59. The lowest BCUT2D eigenvalue weighted by molar-refractivity contribution is 0.0505. The molecular weight excluding hydrogens is 261 g/mol. The number of hydrogen-bond acceptors (Lipinski definition) is 5. The van der Waals surface area contributed by atoms with Crippen LogP contribution in [-0.2, 0) is 14.6 Å². The molecule has 0 radical (unpaired) electrons. The molecule has 0 unspecified atom stereocenters. The Hall–Kier alpha value is -1.63. The Morgan fingerprint density at radius 3 is 2.67 bits per heavy atom. The maximum Gasteiger partial charge on any atom is 0.338 e. The minimum absolute atomic E-state index is 0.0299. The zero-order valence-electron chi connectivity index (χ0n) is 9.85. The van der Waals surface area contributed by atoms with E-state index in [1.165, 1.54) is 12.1 Å². The average molecular weight is 275 g/mol. The van der Waals surface area contributed by atoms with Gasteiger partial charge in [-0.15, -0.1) is 0 Å². The maximum absolute atomic E-state index is 13.1. The largest absolute Gasteiger partial charge is 0.462 e. The second kappa shape index (κ2) is 5.81. The monoisotopic (exact) mass is 275 g/mol. The van der Waals surface area contributed by atoms with Crippen molar-refractivity contribution >= 4 is 21.5 Å². The summed E-state index contributed by atoms with van der Waals surface area (Å²) in [6.45, 7) is -0.0299. The first-order chi connectivity index (χ1) is 8.29. The summed E-state index contributed by atoms with van der Waals surface area (Å²) in [5.74, 6) is -1.46. The Labute approximate surface area is 105 Å². The van der Waals surface area contributed by atoms with Gasteiger partial charge in [0.25, 0.3) is 0 Å². The lowest BCUT2D eigenvalue weighted by Gasteiger charge is -2.05. The van der Waals surface area contributed by atoms with Gasteiger partial charge >= 0.3 is 5.97 Å². The Morgan fingerprint density at radius 2 is 2.11 bits per heavy atom. The molecule has 0 aliphatic heterocycles. The summed E-state index contributed by atoms with van der Waals surface area (Å²) in [4.78, 5) is 11.5. The summed E-state index contributed by atoms with van der Waals surface area (Å²) in [5.41, 5.74) is 5.26. The van der Waals surface area contributed by atoms with Gasteiger partial charge in [-0.3, -0.25) is 0 Å². The highest BCUT2D eigenvalue weighted by molar-refractivity contribution is 7.90. The predicted molar refractivity (Wildman–Crippen MR) is 65.4 cm³/mol. The quantitative estimate of drug-likeness (QED) is 0.492. The van der Waals surface area contributed by atoms with E-state index in [2.05, 4.69) is 0 Å². The first-order valence-corrected chi connectivity index (χ1v) is 7.25. The van der Waals surface area contributed by atoms with Crippen molar-refractivity contribution in [3.05, 3.63) is 29.6 Å². The van der Waals surface area contributed by atoms with Gasteiger partial charge < -0.3 is 10.5 Å². The standard InChI is InChI=1S/C11H14FNO4S/c1-18(15,16)6-2-5-17-11(14)8-3-4-10(13)9(12)7-8/h3-4,7H,2,5-6,13H2,1H3. The van der Waals surface area contributed by atoms with Crippen molar-refractivity contribution in [2.45, 2.75) is 6.42 Å². The maximum atomic E-state index is 13.1. The number of halogens is 1. The van der Waals surface area contributed by atoms with Crippen LogP contribution >= 0.6 is 0 Å². The summed E-state index contributed by atoms with van der Waals surface area (Å²) < 4.78 is 39.5. The lowest BCUT2D eigenvalue weighted by atomic mass is 10.2. The van der Waals surface area contributed by atoms with Crippen molar-refractivity contribution in [2.24, 2.45) is 0 Å². The van der Waals surface area contributed by atoms with E-state index in [0.29, 0.717) is 0 Å². The number of carbonyl (C=O) groups excluding carboxylic acids is 1. The number of benzene rings is 1. The highest BCUT2D eigenvalue weighted by Crippen LogP contribution is 2.12. The third-order valence-electron chi connectivity index (χ3n) is 2.13. The van der Waals surface area contributed by atoms with Crippen molar-refractivity contribution in [1.29, 1.82) is 0 Å². The van der Waals surface area contributed by atoms with Crippen molar-refractivity contribution in [2.75, 3.05) is 24.3 Å². The molecule has 0 saturated carbocycles. The van der Waals surface area contributed by atoms with E-state index in [1.54, 1.807) is 0 Å². The average Bonchev–Trinajstić information content (AvgIpc) is 2.26. The molecule has 1 rings (SSSR count). The first kappa shape index (κ1) is 14.4. The molecule has 1 aromatic rings. The van der Waals surface area contributed by atoms with E-state index in [-0.39, 0.29) is 30.0 Å². The van der Waals surface area contributed by atoms with Gasteiger partial charge in [0, 0.05) is 6.26 Å². The summed E-state index contributed by atoms with van der Waals surface area (Å²) in [7, 11) is -3.07. The summed E-state index contributed by atoms with van der Waals surface area (Å²) in [6.07, 6.45) is 1.31. The molecule has 2 N–H and O–H groups in total. The van der Waals surface area contributed by atoms with Crippen LogP contribution in [0.5, 0.6) is 0 Å². The molecule has 0 saturated heterocycles. The number of ether oxygens (including phenoxy) is 1. The van der Waals surface area contributed by atoms with Gasteiger partial charge in [-0.2, -0.15) is 0 Å². The normalized spacial score (nSPS) is 11.2. The zero-order chi connectivity index (χ0) is 13.8. The topological polar surface area (TPSA) is 86.5 Å². The number of esters is 1. The van der Waals surface area contributed by atoms with E-state index in [4.69, 9.17) is 10.5 Å². The van der Waals surface area contributed by atoms with Crippen LogP contribution in [0.3, 0.4) is 0 Å². The third kappa shape index (κ3) is 4.70. The number of nitrogen functional groups attached to an aromatic ring is 1. The number of sulfone groups is 1. The molecular formula is C11H14FNO4S. The SMILES string of the molecule is CS(=O)(=O)CCCOC(=O)c1ccc(N)c(F)c1. The fourth-order valence-corrected chi connectivity index (χ4v) is 1.87. The number of carbonyl (C=O) groups is 1. The lowest BCUT2D eigenvalue weighted by Crippen LogP contribution is -2.11. The molecule has 0 atom stereocenters. The number of anilines is 1. The molecule has 5 nitrogen and oxygen atoms in total. The Morgan fingerprint density at radius 1 is 1.44 bits per heavy atom. The molecule has 7 heteroatoms. The fourth-order valence-electron chi connectivity index (χ4n) is 1.22. The smallest absolute Gasteiger partial charge is 0.338 e. The summed E-state index contributed by atoms with van der Waals surface area (Å²) in [5, 5.41) is 0. The van der Waals surface area contributed by atoms with Crippen LogP contribution < -0.4 is 5.73 Å². The van der Waals surface area contributed by atoms with Gasteiger partial charge in [-0.1, -0.05) is 0 Å². The first-order valence-electron chi connectivity index (χ1n) is 5.19. The van der Waals surface area contributed by atoms with Crippen molar-refractivity contribution in [1.82, 2.24) is 0 Å². The molecule has 18 heavy (non-hydrogen) atoms. The third-order valence-corrected chi connectivity index (χ3v) is 3.16. The number of nitrogens with two attached hydrogens (primary N) is 1.